The fourth-order valence-electron chi connectivity index (χ4n) is 5.74. The molecule has 5 rings (SSSR count). The zero-order chi connectivity index (χ0) is 25.0. The molecule has 0 spiro atoms. The van der Waals surface area contributed by atoms with Gasteiger partial charge in [0.25, 0.3) is 0 Å². The number of anilines is 2. The molecule has 1 aromatic carbocycles. The number of hydrogen-bond acceptors (Lipinski definition) is 6. The van der Waals surface area contributed by atoms with E-state index in [-0.39, 0.29) is 12.3 Å². The van der Waals surface area contributed by atoms with Gasteiger partial charge in [0.1, 0.15) is 11.5 Å². The lowest BCUT2D eigenvalue weighted by molar-refractivity contribution is -0.137. The summed E-state index contributed by atoms with van der Waals surface area (Å²) < 4.78 is 21.3. The average Bonchev–Trinajstić information content (AvgIpc) is 3.28. The van der Waals surface area contributed by atoms with Crippen LogP contribution >= 0.6 is 0 Å². The number of alkyl halides is 1. The monoisotopic (exact) mass is 496 g/mol. The summed E-state index contributed by atoms with van der Waals surface area (Å²) in [5, 5.41) is 13.0. The van der Waals surface area contributed by atoms with Gasteiger partial charge in [-0.2, -0.15) is 0 Å². The molecule has 0 bridgehead atoms. The number of aromatic nitrogens is 1. The van der Waals surface area contributed by atoms with Gasteiger partial charge in [-0.15, -0.1) is 0 Å². The normalized spacial score (nSPS) is 23.2. The first-order valence-corrected chi connectivity index (χ1v) is 13.3. The van der Waals surface area contributed by atoms with Crippen molar-refractivity contribution < 1.29 is 19.0 Å². The highest BCUT2D eigenvalue weighted by Gasteiger charge is 2.39. The van der Waals surface area contributed by atoms with E-state index in [1.165, 1.54) is 5.56 Å². The van der Waals surface area contributed by atoms with Gasteiger partial charge in [0.15, 0.2) is 0 Å². The highest BCUT2D eigenvalue weighted by atomic mass is 19.1. The Kier molecular flexibility index (Phi) is 7.72. The van der Waals surface area contributed by atoms with Crippen LogP contribution in [0.5, 0.6) is 0 Å². The van der Waals surface area contributed by atoms with Gasteiger partial charge in [0.2, 0.25) is 0 Å². The number of carboxylic acid groups (broad SMARTS) is 1. The number of carboxylic acids is 1. The fourth-order valence-corrected chi connectivity index (χ4v) is 5.74. The van der Waals surface area contributed by atoms with E-state index in [0.29, 0.717) is 52.1 Å². The molecule has 3 aliphatic rings. The Hall–Kier alpha value is -2.71. The van der Waals surface area contributed by atoms with E-state index in [1.807, 2.05) is 18.2 Å². The molecule has 0 unspecified atom stereocenters. The summed E-state index contributed by atoms with van der Waals surface area (Å²) in [5.74, 6) is -0.0515. The highest BCUT2D eigenvalue weighted by molar-refractivity contribution is 5.68. The van der Waals surface area contributed by atoms with Crippen LogP contribution in [0.4, 0.5) is 15.9 Å². The van der Waals surface area contributed by atoms with Gasteiger partial charge in [0.05, 0.1) is 19.6 Å². The Labute approximate surface area is 212 Å². The van der Waals surface area contributed by atoms with E-state index in [1.54, 1.807) is 0 Å². The van der Waals surface area contributed by atoms with Gasteiger partial charge < -0.3 is 20.1 Å². The van der Waals surface area contributed by atoms with Crippen LogP contribution in [0.3, 0.4) is 0 Å². The van der Waals surface area contributed by atoms with E-state index in [2.05, 4.69) is 33.3 Å². The predicted molar refractivity (Wildman–Crippen MR) is 139 cm³/mol. The molecule has 7 nitrogen and oxygen atoms in total. The molecule has 4 heterocycles. The summed E-state index contributed by atoms with van der Waals surface area (Å²) in [7, 11) is 0. The SMILES string of the molecule is O=C(O)C[C@@H](CN1CC[C@@](F)(CCc2ccc3c(n2)NCCC3)C1)c1cccc(N2CCOCC2)c1. The molecule has 36 heavy (non-hydrogen) atoms. The maximum Gasteiger partial charge on any atom is 0.304 e. The quantitative estimate of drug-likeness (QED) is 0.546. The summed E-state index contributed by atoms with van der Waals surface area (Å²) in [6.07, 6.45) is 3.73. The summed E-state index contributed by atoms with van der Waals surface area (Å²) in [6.45, 7) is 5.55. The zero-order valence-corrected chi connectivity index (χ0v) is 20.9. The number of morpholine rings is 1. The molecule has 1 aromatic heterocycles. The number of nitrogens with zero attached hydrogens (tertiary/aromatic N) is 3. The average molecular weight is 497 g/mol. The van der Waals surface area contributed by atoms with E-state index in [4.69, 9.17) is 9.72 Å². The second-order valence-corrected chi connectivity index (χ2v) is 10.5. The van der Waals surface area contributed by atoms with Crippen molar-refractivity contribution in [3.8, 4) is 0 Å². The van der Waals surface area contributed by atoms with Crippen molar-refractivity contribution in [1.82, 2.24) is 9.88 Å². The van der Waals surface area contributed by atoms with Crippen molar-refractivity contribution in [2.45, 2.75) is 50.1 Å². The number of halogens is 1. The first-order valence-electron chi connectivity index (χ1n) is 13.3. The molecule has 194 valence electrons. The van der Waals surface area contributed by atoms with Gasteiger partial charge in [-0.05, 0) is 61.4 Å². The fraction of sp³-hybridized carbons (Fsp3) is 0.571. The summed E-state index contributed by atoms with van der Waals surface area (Å²) in [5.41, 5.74) is 3.01. The zero-order valence-electron chi connectivity index (χ0n) is 20.9. The van der Waals surface area contributed by atoms with Crippen molar-refractivity contribution >= 4 is 17.5 Å². The van der Waals surface area contributed by atoms with Crippen molar-refractivity contribution in [2.24, 2.45) is 0 Å². The number of hydrogen-bond donors (Lipinski definition) is 2. The molecular formula is C28H37FN4O3. The van der Waals surface area contributed by atoms with Gasteiger partial charge in [-0.3, -0.25) is 9.69 Å². The van der Waals surface area contributed by atoms with Crippen LogP contribution in [0.15, 0.2) is 36.4 Å². The molecule has 3 aliphatic heterocycles. The van der Waals surface area contributed by atoms with E-state index in [0.717, 1.165) is 55.2 Å². The first kappa shape index (κ1) is 25.0. The Bertz CT molecular complexity index is 1060. The predicted octanol–water partition coefficient (Wildman–Crippen LogP) is 3.88. The third-order valence-electron chi connectivity index (χ3n) is 7.78. The van der Waals surface area contributed by atoms with Crippen molar-refractivity contribution in [3.05, 3.63) is 53.2 Å². The minimum Gasteiger partial charge on any atom is -0.481 e. The summed E-state index contributed by atoms with van der Waals surface area (Å²) in [6, 6.07) is 12.3. The third kappa shape index (κ3) is 6.16. The maximum absolute atomic E-state index is 15.8. The molecule has 0 saturated carbocycles. The Morgan fingerprint density at radius 3 is 2.92 bits per heavy atom. The number of likely N-dealkylation sites (tertiary alicyclic amines) is 1. The molecule has 2 fully saturated rings. The minimum atomic E-state index is -1.27. The number of carbonyl (C=O) groups is 1. The van der Waals surface area contributed by atoms with Crippen LogP contribution < -0.4 is 10.2 Å². The van der Waals surface area contributed by atoms with Crippen LogP contribution in [-0.2, 0) is 22.4 Å². The van der Waals surface area contributed by atoms with Gasteiger partial charge >= 0.3 is 5.97 Å². The second kappa shape index (κ2) is 11.1. The molecule has 0 aliphatic carbocycles. The Balaban J connectivity index is 1.21. The van der Waals surface area contributed by atoms with E-state index >= 15 is 4.39 Å². The number of aryl methyl sites for hydroxylation is 2. The van der Waals surface area contributed by atoms with Gasteiger partial charge in [-0.1, -0.05) is 18.2 Å². The largest absolute Gasteiger partial charge is 0.481 e. The molecule has 2 atom stereocenters. The van der Waals surface area contributed by atoms with Crippen LogP contribution in [0.25, 0.3) is 0 Å². The molecule has 8 heteroatoms. The highest BCUT2D eigenvalue weighted by Crippen LogP contribution is 2.34. The number of nitrogens with one attached hydrogen (secondary N) is 1. The Morgan fingerprint density at radius 1 is 1.22 bits per heavy atom. The van der Waals surface area contributed by atoms with Crippen molar-refractivity contribution in [2.75, 3.05) is 62.7 Å². The lowest BCUT2D eigenvalue weighted by Crippen LogP contribution is -2.36. The van der Waals surface area contributed by atoms with Crippen LogP contribution in [0.1, 0.15) is 48.4 Å². The molecular weight excluding hydrogens is 459 g/mol. The second-order valence-electron chi connectivity index (χ2n) is 10.5. The molecule has 2 aromatic rings. The van der Waals surface area contributed by atoms with E-state index < -0.39 is 11.6 Å². The minimum absolute atomic E-state index is 0.0361. The van der Waals surface area contributed by atoms with Crippen molar-refractivity contribution in [3.63, 3.8) is 0 Å². The smallest absolute Gasteiger partial charge is 0.304 e. The maximum atomic E-state index is 15.8. The number of benzene rings is 1. The lowest BCUT2D eigenvalue weighted by Gasteiger charge is -2.30. The first-order chi connectivity index (χ1) is 17.5. The van der Waals surface area contributed by atoms with Crippen molar-refractivity contribution in [1.29, 1.82) is 0 Å². The van der Waals surface area contributed by atoms with E-state index in [9.17, 15) is 9.90 Å². The van der Waals surface area contributed by atoms with Crippen LogP contribution in [0, 0.1) is 0 Å². The van der Waals surface area contributed by atoms with Gasteiger partial charge in [-0.25, -0.2) is 9.37 Å². The topological polar surface area (TPSA) is 77.9 Å². The number of rotatable bonds is 9. The molecule has 0 radical (unpaired) electrons. The van der Waals surface area contributed by atoms with Crippen LogP contribution in [0.2, 0.25) is 0 Å². The number of aliphatic carboxylic acids is 1. The standard InChI is InChI=1S/C28H37FN4O3/c29-28(9-8-24-7-6-21-4-2-11-30-27(21)31-24)10-12-32(20-28)19-23(18-26(34)35)22-3-1-5-25(17-22)33-13-15-36-16-14-33/h1,3,5-7,17,23H,2,4,8-16,18-20H2,(H,30,31)(H,34,35)/t23-,28-/m0/s1. The van der Waals surface area contributed by atoms with Gasteiger partial charge in [0, 0.05) is 56.6 Å². The van der Waals surface area contributed by atoms with Crippen LogP contribution in [-0.4, -0.2) is 79.1 Å². The molecule has 2 N–H and O–H groups in total. The number of ether oxygens (including phenoxy) is 1. The molecule has 2 saturated heterocycles. The number of fused-ring (bicyclic) bond motifs is 1. The molecule has 0 amide bonds. The number of pyridine rings is 1. The summed E-state index contributed by atoms with van der Waals surface area (Å²) in [4.78, 5) is 20.8. The lowest BCUT2D eigenvalue weighted by atomic mass is 9.94. The third-order valence-corrected chi connectivity index (χ3v) is 7.78. The Morgan fingerprint density at radius 2 is 2.08 bits per heavy atom. The summed E-state index contributed by atoms with van der Waals surface area (Å²) >= 11 is 0.